The number of hydrogen-bond donors (Lipinski definition) is 0. The maximum absolute atomic E-state index is 5.69. The van der Waals surface area contributed by atoms with Crippen molar-refractivity contribution in [3.63, 3.8) is 0 Å². The van der Waals surface area contributed by atoms with Crippen LogP contribution < -0.4 is 0 Å². The second-order valence-electron chi connectivity index (χ2n) is 6.52. The maximum Gasteiger partial charge on any atom is 0.164 e. The van der Waals surface area contributed by atoms with Crippen LogP contribution in [-0.4, -0.2) is 14.2 Å². The minimum atomic E-state index is 0.792. The highest BCUT2D eigenvalue weighted by Crippen LogP contribution is 2.40. The predicted molar refractivity (Wildman–Crippen MR) is 104 cm³/mol. The minimum absolute atomic E-state index is 0.792. The van der Waals surface area contributed by atoms with Crippen molar-refractivity contribution in [1.29, 1.82) is 0 Å². The summed E-state index contributed by atoms with van der Waals surface area (Å²) in [6, 6.07) is 21.9. The first-order valence-electron chi connectivity index (χ1n) is 8.49. The first kappa shape index (κ1) is 14.4. The zero-order valence-corrected chi connectivity index (χ0v) is 14.3. The first-order valence-corrected chi connectivity index (χ1v) is 8.49. The molecule has 0 aliphatic heterocycles. The third kappa shape index (κ3) is 1.97. The van der Waals surface area contributed by atoms with Crippen LogP contribution in [0.1, 0.15) is 11.1 Å². The molecule has 2 nitrogen and oxygen atoms in total. The van der Waals surface area contributed by atoms with Crippen molar-refractivity contribution in [3.05, 3.63) is 77.5 Å². The number of fused-ring (bicyclic) bond motifs is 6. The van der Waals surface area contributed by atoms with Gasteiger partial charge >= 0.3 is 0 Å². The van der Waals surface area contributed by atoms with Gasteiger partial charge in [0.25, 0.3) is 0 Å². The zero-order valence-electron chi connectivity index (χ0n) is 14.3. The van der Waals surface area contributed by atoms with Crippen LogP contribution in [0.2, 0.25) is 0 Å². The van der Waals surface area contributed by atoms with Crippen molar-refractivity contribution in [2.24, 2.45) is 0 Å². The average Bonchev–Trinajstić information content (AvgIpc) is 3.04. The van der Waals surface area contributed by atoms with Crippen molar-refractivity contribution in [2.75, 3.05) is 14.2 Å². The molecule has 1 aliphatic rings. The molecule has 1 aliphatic carbocycles. The number of rotatable bonds is 2. The summed E-state index contributed by atoms with van der Waals surface area (Å²) in [4.78, 5) is 0. The van der Waals surface area contributed by atoms with Crippen molar-refractivity contribution < 1.29 is 9.47 Å². The molecule has 0 N–H and O–H groups in total. The Hall–Kier alpha value is -3.00. The molecular weight excluding hydrogens is 308 g/mol. The summed E-state index contributed by atoms with van der Waals surface area (Å²) < 4.78 is 11.2. The van der Waals surface area contributed by atoms with E-state index < -0.39 is 0 Å². The van der Waals surface area contributed by atoms with Crippen molar-refractivity contribution in [2.45, 2.75) is 6.42 Å². The molecule has 0 unspecified atom stereocenters. The van der Waals surface area contributed by atoms with E-state index >= 15 is 0 Å². The van der Waals surface area contributed by atoms with Gasteiger partial charge in [-0.2, -0.15) is 0 Å². The normalized spacial score (nSPS) is 13.7. The average molecular weight is 326 g/mol. The number of hydrogen-bond acceptors (Lipinski definition) is 2. The third-order valence-corrected chi connectivity index (χ3v) is 5.25. The highest BCUT2D eigenvalue weighted by atomic mass is 16.5. The fourth-order valence-electron chi connectivity index (χ4n) is 4.06. The van der Waals surface area contributed by atoms with Crippen LogP contribution in [-0.2, 0) is 15.9 Å². The molecule has 0 atom stereocenters. The molecule has 5 rings (SSSR count). The molecule has 25 heavy (non-hydrogen) atoms. The molecule has 4 aromatic rings. The SMILES string of the molecule is COC1=C(OC)c2c(ccc3c2ccc2cc4ccccc4cc23)C1. The second-order valence-corrected chi connectivity index (χ2v) is 6.52. The van der Waals surface area contributed by atoms with Crippen LogP contribution >= 0.6 is 0 Å². The van der Waals surface area contributed by atoms with Gasteiger partial charge in [-0.05, 0) is 50.0 Å². The van der Waals surface area contributed by atoms with Crippen LogP contribution in [0.15, 0.2) is 66.4 Å². The summed E-state index contributed by atoms with van der Waals surface area (Å²) in [7, 11) is 3.43. The van der Waals surface area contributed by atoms with Crippen molar-refractivity contribution >= 4 is 38.1 Å². The van der Waals surface area contributed by atoms with E-state index in [-0.39, 0.29) is 0 Å². The summed E-state index contributed by atoms with van der Waals surface area (Å²) in [6.07, 6.45) is 0.792. The lowest BCUT2D eigenvalue weighted by molar-refractivity contribution is 0.264. The Morgan fingerprint density at radius 1 is 0.680 bits per heavy atom. The highest BCUT2D eigenvalue weighted by Gasteiger charge is 2.25. The molecule has 0 radical (unpaired) electrons. The van der Waals surface area contributed by atoms with Gasteiger partial charge in [0.2, 0.25) is 0 Å². The van der Waals surface area contributed by atoms with Crippen LogP contribution in [0.4, 0.5) is 0 Å². The number of allylic oxidation sites excluding steroid dienone is 1. The Morgan fingerprint density at radius 2 is 1.44 bits per heavy atom. The molecule has 4 aromatic carbocycles. The molecular formula is C23H18O2. The lowest BCUT2D eigenvalue weighted by atomic mass is 9.94. The monoisotopic (exact) mass is 326 g/mol. The quantitative estimate of drug-likeness (QED) is 0.349. The lowest BCUT2D eigenvalue weighted by Crippen LogP contribution is -1.91. The van der Waals surface area contributed by atoms with Gasteiger partial charge < -0.3 is 9.47 Å². The van der Waals surface area contributed by atoms with E-state index in [2.05, 4.69) is 60.7 Å². The topological polar surface area (TPSA) is 18.5 Å². The largest absolute Gasteiger partial charge is 0.497 e. The van der Waals surface area contributed by atoms with Gasteiger partial charge in [0.1, 0.15) is 5.76 Å². The van der Waals surface area contributed by atoms with Crippen LogP contribution in [0.3, 0.4) is 0 Å². The molecule has 0 amide bonds. The van der Waals surface area contributed by atoms with E-state index in [1.807, 2.05) is 0 Å². The van der Waals surface area contributed by atoms with Crippen LogP contribution in [0.5, 0.6) is 0 Å². The van der Waals surface area contributed by atoms with Gasteiger partial charge in [0, 0.05) is 12.0 Å². The smallest absolute Gasteiger partial charge is 0.164 e. The van der Waals surface area contributed by atoms with Gasteiger partial charge in [-0.15, -0.1) is 0 Å². The van der Waals surface area contributed by atoms with Gasteiger partial charge in [0.05, 0.1) is 14.2 Å². The van der Waals surface area contributed by atoms with Crippen molar-refractivity contribution in [1.82, 2.24) is 0 Å². The van der Waals surface area contributed by atoms with Gasteiger partial charge in [-0.25, -0.2) is 0 Å². The Kier molecular flexibility index (Phi) is 3.01. The summed E-state index contributed by atoms with van der Waals surface area (Å²) in [6.45, 7) is 0. The maximum atomic E-state index is 5.69. The minimum Gasteiger partial charge on any atom is -0.497 e. The molecule has 0 bridgehead atoms. The standard InChI is InChI=1S/C23H18O2/c1-24-21-13-17-8-9-18-19(22(17)23(21)25-2)10-7-16-11-14-5-3-4-6-15(14)12-20(16)18/h3-12H,13H2,1-2H3. The summed E-state index contributed by atoms with van der Waals surface area (Å²) in [5, 5.41) is 7.57. The summed E-state index contributed by atoms with van der Waals surface area (Å²) in [5.74, 6) is 1.77. The Morgan fingerprint density at radius 3 is 2.20 bits per heavy atom. The summed E-state index contributed by atoms with van der Waals surface area (Å²) >= 11 is 0. The van der Waals surface area contributed by atoms with E-state index in [9.17, 15) is 0 Å². The molecule has 0 heterocycles. The molecule has 0 saturated carbocycles. The van der Waals surface area contributed by atoms with Crippen LogP contribution in [0.25, 0.3) is 38.1 Å². The van der Waals surface area contributed by atoms with E-state index in [1.54, 1.807) is 14.2 Å². The van der Waals surface area contributed by atoms with Gasteiger partial charge in [0.15, 0.2) is 5.76 Å². The van der Waals surface area contributed by atoms with E-state index in [1.165, 1.54) is 43.4 Å². The summed E-state index contributed by atoms with van der Waals surface area (Å²) in [5.41, 5.74) is 2.44. The second kappa shape index (κ2) is 5.25. The van der Waals surface area contributed by atoms with E-state index in [4.69, 9.17) is 9.47 Å². The van der Waals surface area contributed by atoms with Crippen LogP contribution in [0, 0.1) is 0 Å². The molecule has 0 fully saturated rings. The molecule has 0 aromatic heterocycles. The fourth-order valence-corrected chi connectivity index (χ4v) is 4.06. The molecule has 122 valence electrons. The van der Waals surface area contributed by atoms with E-state index in [0.29, 0.717) is 0 Å². The zero-order chi connectivity index (χ0) is 17.0. The van der Waals surface area contributed by atoms with Crippen molar-refractivity contribution in [3.8, 4) is 0 Å². The lowest BCUT2D eigenvalue weighted by Gasteiger charge is -2.12. The Labute approximate surface area is 146 Å². The van der Waals surface area contributed by atoms with Gasteiger partial charge in [-0.1, -0.05) is 48.5 Å². The number of ether oxygens (including phenoxy) is 2. The fraction of sp³-hybridized carbons (Fsp3) is 0.130. The molecule has 2 heteroatoms. The first-order chi connectivity index (χ1) is 12.3. The highest BCUT2D eigenvalue weighted by molar-refractivity contribution is 6.14. The third-order valence-electron chi connectivity index (χ3n) is 5.25. The predicted octanol–water partition coefficient (Wildman–Crippen LogP) is 5.66. The number of benzene rings is 4. The number of methoxy groups -OCH3 is 2. The molecule has 0 spiro atoms. The van der Waals surface area contributed by atoms with Gasteiger partial charge in [-0.3, -0.25) is 0 Å². The Bertz CT molecular complexity index is 1190. The molecule has 0 saturated heterocycles. The van der Waals surface area contributed by atoms with E-state index in [0.717, 1.165) is 17.9 Å². The Balaban J connectivity index is 1.90.